The Bertz CT molecular complexity index is 1200. The number of piperazine rings is 1. The summed E-state index contributed by atoms with van der Waals surface area (Å²) in [6.45, 7) is 8.69. The summed E-state index contributed by atoms with van der Waals surface area (Å²) in [6.07, 6.45) is 2.03. The summed E-state index contributed by atoms with van der Waals surface area (Å²) in [5.41, 5.74) is 2.48. The van der Waals surface area contributed by atoms with Gasteiger partial charge in [-0.25, -0.2) is 14.2 Å². The minimum Gasteiger partial charge on any atom is -0.476 e. The lowest BCUT2D eigenvalue weighted by molar-refractivity contribution is -0.121. The summed E-state index contributed by atoms with van der Waals surface area (Å²) in [5, 5.41) is 9.80. The van der Waals surface area contributed by atoms with E-state index in [4.69, 9.17) is 9.47 Å². The van der Waals surface area contributed by atoms with Crippen molar-refractivity contribution in [1.29, 1.82) is 0 Å². The van der Waals surface area contributed by atoms with Crippen LogP contribution in [0.3, 0.4) is 0 Å². The monoisotopic (exact) mass is 555 g/mol. The normalized spacial score (nSPS) is 24.2. The Morgan fingerprint density at radius 1 is 1.05 bits per heavy atom. The van der Waals surface area contributed by atoms with Crippen LogP contribution < -0.4 is 9.64 Å². The number of ether oxygens (including phenoxy) is 2. The van der Waals surface area contributed by atoms with Gasteiger partial charge in [0.1, 0.15) is 11.5 Å². The highest BCUT2D eigenvalue weighted by atomic mass is 19.1. The van der Waals surface area contributed by atoms with Gasteiger partial charge in [0, 0.05) is 57.0 Å². The molecule has 2 fully saturated rings. The Hall–Kier alpha value is -3.28. The zero-order valence-electron chi connectivity index (χ0n) is 23.2. The molecule has 1 N–H and O–H groups in total. The number of carboxylic acid groups (broad SMARTS) is 1. The Kier molecular flexibility index (Phi) is 8.82. The molecule has 0 radical (unpaired) electrons. The molecule has 0 unspecified atom stereocenters. The summed E-state index contributed by atoms with van der Waals surface area (Å²) in [7, 11) is 0. The van der Waals surface area contributed by atoms with Gasteiger partial charge >= 0.3 is 6.09 Å². The quantitative estimate of drug-likeness (QED) is 0.581. The third kappa shape index (κ3) is 6.54. The maximum Gasteiger partial charge on any atom is 0.407 e. The second-order valence-corrected chi connectivity index (χ2v) is 11.0. The lowest BCUT2D eigenvalue weighted by atomic mass is 10.1. The van der Waals surface area contributed by atoms with Crippen molar-refractivity contribution in [3.05, 3.63) is 53.5 Å². The molecule has 1 aromatic carbocycles. The average Bonchev–Trinajstić information content (AvgIpc) is 3.14. The van der Waals surface area contributed by atoms with Gasteiger partial charge in [-0.2, -0.15) is 0 Å². The van der Waals surface area contributed by atoms with Gasteiger partial charge in [-0.1, -0.05) is 12.1 Å². The predicted molar refractivity (Wildman–Crippen MR) is 147 cm³/mol. The number of nitrogens with zero attached hydrogens (tertiary/aromatic N) is 5. The van der Waals surface area contributed by atoms with E-state index >= 15 is 0 Å². The van der Waals surface area contributed by atoms with E-state index in [2.05, 4.69) is 21.7 Å². The minimum absolute atomic E-state index is 0.0662. The lowest BCUT2D eigenvalue weighted by Crippen LogP contribution is -2.64. The Labute approximate surface area is 234 Å². The third-order valence-corrected chi connectivity index (χ3v) is 8.06. The van der Waals surface area contributed by atoms with Crippen LogP contribution in [0, 0.1) is 5.82 Å². The molecule has 2 aromatic rings. The smallest absolute Gasteiger partial charge is 0.407 e. The molecule has 2 amide bonds. The molecule has 5 rings (SSSR count). The Balaban J connectivity index is 1.35. The summed E-state index contributed by atoms with van der Waals surface area (Å²) < 4.78 is 24.8. The molecular formula is C29H38FN5O5. The van der Waals surface area contributed by atoms with Gasteiger partial charge in [0.2, 0.25) is 11.8 Å². The van der Waals surface area contributed by atoms with Gasteiger partial charge in [-0.3, -0.25) is 14.6 Å². The van der Waals surface area contributed by atoms with Crippen LogP contribution in [0.1, 0.15) is 31.4 Å². The fraction of sp³-hybridized carbons (Fsp3) is 0.552. The van der Waals surface area contributed by atoms with E-state index in [1.54, 1.807) is 23.2 Å². The number of carbonyl (C=O) groups excluding carboxylic acids is 1. The first-order chi connectivity index (χ1) is 19.3. The van der Waals surface area contributed by atoms with Gasteiger partial charge in [0.05, 0.1) is 26.4 Å². The number of anilines is 1. The van der Waals surface area contributed by atoms with E-state index in [0.29, 0.717) is 70.4 Å². The number of halogens is 1. The van der Waals surface area contributed by atoms with Crippen molar-refractivity contribution in [2.75, 3.05) is 64.0 Å². The average molecular weight is 556 g/mol. The van der Waals surface area contributed by atoms with Crippen molar-refractivity contribution in [2.24, 2.45) is 0 Å². The van der Waals surface area contributed by atoms with Gasteiger partial charge < -0.3 is 24.4 Å². The summed E-state index contributed by atoms with van der Waals surface area (Å²) in [5.74, 6) is 0.0776. The van der Waals surface area contributed by atoms with Crippen LogP contribution in [0.4, 0.5) is 14.9 Å². The molecule has 3 aliphatic rings. The first kappa shape index (κ1) is 28.3. The van der Waals surface area contributed by atoms with Crippen molar-refractivity contribution in [3.63, 3.8) is 0 Å². The van der Waals surface area contributed by atoms with Crippen LogP contribution >= 0.6 is 0 Å². The number of rotatable bonds is 6. The lowest BCUT2D eigenvalue weighted by Gasteiger charge is -2.47. The molecule has 3 atom stereocenters. The van der Waals surface area contributed by atoms with E-state index < -0.39 is 6.09 Å². The van der Waals surface area contributed by atoms with Gasteiger partial charge in [0.15, 0.2) is 0 Å². The largest absolute Gasteiger partial charge is 0.476 e. The number of fused-ring (bicyclic) bond motifs is 1. The molecule has 3 aliphatic heterocycles. The van der Waals surface area contributed by atoms with E-state index in [1.165, 1.54) is 17.0 Å². The first-order valence-electron chi connectivity index (χ1n) is 14.0. The molecule has 0 aliphatic carbocycles. The highest BCUT2D eigenvalue weighted by Crippen LogP contribution is 2.31. The van der Waals surface area contributed by atoms with Gasteiger partial charge in [-0.05, 0) is 56.0 Å². The number of hydrogen-bond acceptors (Lipinski definition) is 7. The molecule has 1 aromatic heterocycles. The number of benzene rings is 1. The Morgan fingerprint density at radius 3 is 2.60 bits per heavy atom. The number of hydrogen-bond donors (Lipinski definition) is 1. The minimum atomic E-state index is -0.933. The number of carbonyl (C=O) groups is 2. The molecule has 0 spiro atoms. The molecule has 4 heterocycles. The van der Waals surface area contributed by atoms with Crippen molar-refractivity contribution >= 4 is 17.7 Å². The number of morpholine rings is 1. The van der Waals surface area contributed by atoms with Crippen LogP contribution in [0.2, 0.25) is 0 Å². The van der Waals surface area contributed by atoms with Crippen molar-refractivity contribution in [1.82, 2.24) is 19.7 Å². The number of pyridine rings is 1. The summed E-state index contributed by atoms with van der Waals surface area (Å²) >= 11 is 0. The Morgan fingerprint density at radius 2 is 1.85 bits per heavy atom. The molecule has 216 valence electrons. The molecule has 0 saturated carbocycles. The second kappa shape index (κ2) is 12.5. The van der Waals surface area contributed by atoms with Crippen molar-refractivity contribution in [2.45, 2.75) is 44.8 Å². The predicted octanol–water partition coefficient (Wildman–Crippen LogP) is 2.70. The second-order valence-electron chi connectivity index (χ2n) is 11.0. The number of aromatic nitrogens is 1. The maximum atomic E-state index is 13.9. The van der Waals surface area contributed by atoms with Crippen molar-refractivity contribution < 1.29 is 28.6 Å². The molecule has 0 bridgehead atoms. The topological polar surface area (TPSA) is 98.7 Å². The SMILES string of the molecule is C[C@@H]1COCCN1C[C@H]1CN(C(=O)O)[C@H](C)CN1CC(=O)N1CCCOc2ncc(Cc3ccc(F)cc3)cc21. The molecular weight excluding hydrogens is 517 g/mol. The molecule has 2 saturated heterocycles. The molecule has 40 heavy (non-hydrogen) atoms. The molecule has 10 nitrogen and oxygen atoms in total. The van der Waals surface area contributed by atoms with Crippen LogP contribution in [-0.2, 0) is 16.0 Å². The van der Waals surface area contributed by atoms with Crippen LogP contribution in [-0.4, -0.2) is 114 Å². The third-order valence-electron chi connectivity index (χ3n) is 8.06. The molecule has 11 heteroatoms. The first-order valence-corrected chi connectivity index (χ1v) is 14.0. The zero-order valence-corrected chi connectivity index (χ0v) is 23.2. The van der Waals surface area contributed by atoms with Crippen LogP contribution in [0.15, 0.2) is 36.5 Å². The van der Waals surface area contributed by atoms with Gasteiger partial charge in [-0.15, -0.1) is 0 Å². The fourth-order valence-corrected chi connectivity index (χ4v) is 5.80. The van der Waals surface area contributed by atoms with E-state index in [0.717, 1.165) is 17.7 Å². The van der Waals surface area contributed by atoms with Gasteiger partial charge in [0.25, 0.3) is 0 Å². The standard InChI is InChI=1S/C29H38FN5O5/c1-20-15-33(25(17-35(20)29(37)38)16-32-9-11-39-19-21(32)2)18-27(36)34-8-3-10-40-28-26(34)13-23(14-31-28)12-22-4-6-24(30)7-5-22/h4-7,13-14,20-21,25H,3,8-12,15-19H2,1-2H3,(H,37,38)/t20-,21-,25+/m1/s1. The fourth-order valence-electron chi connectivity index (χ4n) is 5.80. The van der Waals surface area contributed by atoms with E-state index in [1.807, 2.05) is 13.0 Å². The highest BCUT2D eigenvalue weighted by molar-refractivity contribution is 5.96. The highest BCUT2D eigenvalue weighted by Gasteiger charge is 2.38. The van der Waals surface area contributed by atoms with Crippen LogP contribution in [0.25, 0.3) is 0 Å². The number of amides is 2. The zero-order chi connectivity index (χ0) is 28.2. The van der Waals surface area contributed by atoms with E-state index in [-0.39, 0.29) is 36.4 Å². The van der Waals surface area contributed by atoms with Crippen molar-refractivity contribution in [3.8, 4) is 5.88 Å². The van der Waals surface area contributed by atoms with Crippen LogP contribution in [0.5, 0.6) is 5.88 Å². The van der Waals surface area contributed by atoms with E-state index in [9.17, 15) is 19.1 Å². The summed E-state index contributed by atoms with van der Waals surface area (Å²) in [4.78, 5) is 38.1. The summed E-state index contributed by atoms with van der Waals surface area (Å²) in [6, 6.07) is 8.17. The maximum absolute atomic E-state index is 13.9.